The van der Waals surface area contributed by atoms with E-state index >= 15 is 0 Å². The molecule has 2 aromatic heterocycles. The summed E-state index contributed by atoms with van der Waals surface area (Å²) in [6.45, 7) is 2.41. The first kappa shape index (κ1) is 22.9. The standard InChI is InChI=1S/C25H17Cl2N3O2S2/c1-2-30-23(31)21(13-16-11-12-20(32-16)22-17(26)9-6-10-18(22)27)34-25(30)29-24-28-19(14-33-24)15-7-4-3-5-8-15/h3-14H,2H2,1H3/b21-13+,29-25+. The lowest BCUT2D eigenvalue weighted by Crippen LogP contribution is -2.28. The molecule has 5 nitrogen and oxygen atoms in total. The van der Waals surface area contributed by atoms with E-state index in [4.69, 9.17) is 27.6 Å². The van der Waals surface area contributed by atoms with E-state index in [1.807, 2.05) is 42.6 Å². The van der Waals surface area contributed by atoms with Gasteiger partial charge >= 0.3 is 0 Å². The van der Waals surface area contributed by atoms with Gasteiger partial charge < -0.3 is 4.42 Å². The predicted octanol–water partition coefficient (Wildman–Crippen LogP) is 8.00. The van der Waals surface area contributed by atoms with Gasteiger partial charge in [-0.25, -0.2) is 4.98 Å². The molecule has 0 radical (unpaired) electrons. The molecule has 5 rings (SSSR count). The van der Waals surface area contributed by atoms with E-state index in [1.54, 1.807) is 41.3 Å². The van der Waals surface area contributed by atoms with Crippen molar-refractivity contribution in [3.63, 3.8) is 0 Å². The van der Waals surface area contributed by atoms with Crippen LogP contribution >= 0.6 is 46.3 Å². The number of rotatable bonds is 5. The average molecular weight is 526 g/mol. The van der Waals surface area contributed by atoms with Crippen molar-refractivity contribution in [2.75, 3.05) is 6.54 Å². The number of benzene rings is 2. The Morgan fingerprint density at radius 3 is 2.56 bits per heavy atom. The lowest BCUT2D eigenvalue weighted by molar-refractivity contribution is -0.122. The first-order valence-corrected chi connectivity index (χ1v) is 12.8. The molecule has 1 saturated heterocycles. The number of halogens is 2. The zero-order valence-corrected chi connectivity index (χ0v) is 21.0. The van der Waals surface area contributed by atoms with E-state index in [9.17, 15) is 4.79 Å². The van der Waals surface area contributed by atoms with Gasteiger partial charge in [0.2, 0.25) is 5.13 Å². The molecule has 0 bridgehead atoms. The number of hydrogen-bond acceptors (Lipinski definition) is 6. The van der Waals surface area contributed by atoms with Crippen LogP contribution in [0.3, 0.4) is 0 Å². The fourth-order valence-corrected chi connectivity index (χ4v) is 5.80. The number of carbonyl (C=O) groups is 1. The monoisotopic (exact) mass is 525 g/mol. The van der Waals surface area contributed by atoms with Gasteiger partial charge in [-0.3, -0.25) is 9.69 Å². The molecule has 0 atom stereocenters. The minimum atomic E-state index is -0.125. The quantitative estimate of drug-likeness (QED) is 0.247. The van der Waals surface area contributed by atoms with Gasteiger partial charge in [-0.1, -0.05) is 59.6 Å². The molecule has 2 aromatic carbocycles. The van der Waals surface area contributed by atoms with Crippen molar-refractivity contribution in [3.05, 3.63) is 86.8 Å². The topological polar surface area (TPSA) is 58.7 Å². The minimum Gasteiger partial charge on any atom is -0.457 e. The number of thiazole rings is 1. The molecule has 4 aromatic rings. The summed E-state index contributed by atoms with van der Waals surface area (Å²) in [7, 11) is 0. The molecule has 0 unspecified atom stereocenters. The summed E-state index contributed by atoms with van der Waals surface area (Å²) in [4.78, 5) is 24.4. The summed E-state index contributed by atoms with van der Waals surface area (Å²) in [6, 6.07) is 18.8. The Balaban J connectivity index is 1.41. The fourth-order valence-electron chi connectivity index (χ4n) is 3.44. The predicted molar refractivity (Wildman–Crippen MR) is 142 cm³/mol. The largest absolute Gasteiger partial charge is 0.457 e. The van der Waals surface area contributed by atoms with Crippen molar-refractivity contribution in [1.82, 2.24) is 9.88 Å². The highest BCUT2D eigenvalue weighted by atomic mass is 35.5. The summed E-state index contributed by atoms with van der Waals surface area (Å²) >= 11 is 15.3. The lowest BCUT2D eigenvalue weighted by Gasteiger charge is -2.11. The number of hydrogen-bond donors (Lipinski definition) is 0. The first-order chi connectivity index (χ1) is 16.5. The molecule has 170 valence electrons. The summed E-state index contributed by atoms with van der Waals surface area (Å²) < 4.78 is 5.94. The molecule has 9 heteroatoms. The summed E-state index contributed by atoms with van der Waals surface area (Å²) in [5, 5.41) is 4.15. The SMILES string of the molecule is CCN1C(=O)/C(=C\c2ccc(-c3c(Cl)cccc3Cl)o2)S/C1=N/c1nc(-c2ccccc2)cs1. The number of aromatic nitrogens is 1. The van der Waals surface area contributed by atoms with Crippen LogP contribution in [-0.4, -0.2) is 27.5 Å². The first-order valence-electron chi connectivity index (χ1n) is 10.4. The second-order valence-electron chi connectivity index (χ2n) is 7.23. The van der Waals surface area contributed by atoms with Gasteiger partial charge in [0.15, 0.2) is 5.17 Å². The third-order valence-corrected chi connectivity index (χ3v) is 7.44. The maximum absolute atomic E-state index is 13.0. The number of carbonyl (C=O) groups excluding carboxylic acids is 1. The van der Waals surface area contributed by atoms with Crippen molar-refractivity contribution in [3.8, 4) is 22.6 Å². The number of amides is 1. The maximum Gasteiger partial charge on any atom is 0.266 e. The molecule has 0 aliphatic carbocycles. The molecule has 1 aliphatic heterocycles. The Kier molecular flexibility index (Phi) is 6.61. The highest BCUT2D eigenvalue weighted by Crippen LogP contribution is 2.38. The summed E-state index contributed by atoms with van der Waals surface area (Å²) in [5.74, 6) is 0.940. The number of furan rings is 1. The summed E-state index contributed by atoms with van der Waals surface area (Å²) in [6.07, 6.45) is 1.71. The molecule has 3 heterocycles. The van der Waals surface area contributed by atoms with Crippen LogP contribution in [0.5, 0.6) is 0 Å². The van der Waals surface area contributed by atoms with Gasteiger partial charge in [0, 0.05) is 23.6 Å². The minimum absolute atomic E-state index is 0.125. The molecule has 1 aliphatic rings. The highest BCUT2D eigenvalue weighted by molar-refractivity contribution is 8.18. The Morgan fingerprint density at radius 1 is 1.06 bits per heavy atom. The Bertz CT molecular complexity index is 1410. The number of aliphatic imine (C=N–C) groups is 1. The number of thioether (sulfide) groups is 1. The zero-order valence-electron chi connectivity index (χ0n) is 17.9. The second-order valence-corrected chi connectivity index (χ2v) is 9.89. The van der Waals surface area contributed by atoms with Gasteiger partial charge in [-0.2, -0.15) is 4.99 Å². The molecule has 0 N–H and O–H groups in total. The molecule has 34 heavy (non-hydrogen) atoms. The molecule has 1 fully saturated rings. The molecule has 0 saturated carbocycles. The smallest absolute Gasteiger partial charge is 0.266 e. The van der Waals surface area contributed by atoms with Crippen molar-refractivity contribution >= 4 is 68.6 Å². The molecule has 1 amide bonds. The number of likely N-dealkylation sites (N-methyl/N-ethyl adjacent to an activating group) is 1. The van der Waals surface area contributed by atoms with Crippen molar-refractivity contribution in [1.29, 1.82) is 0 Å². The average Bonchev–Trinajstić information content (AvgIpc) is 3.55. The van der Waals surface area contributed by atoms with Gasteiger partial charge in [-0.05, 0) is 43.0 Å². The van der Waals surface area contributed by atoms with E-state index in [1.165, 1.54) is 23.1 Å². The summed E-state index contributed by atoms with van der Waals surface area (Å²) in [5.41, 5.74) is 2.51. The highest BCUT2D eigenvalue weighted by Gasteiger charge is 2.33. The third-order valence-electron chi connectivity index (χ3n) is 5.07. The van der Waals surface area contributed by atoms with Crippen LogP contribution in [0.1, 0.15) is 12.7 Å². The molecular formula is C25H17Cl2N3O2S2. The van der Waals surface area contributed by atoms with Crippen LogP contribution in [0.2, 0.25) is 10.0 Å². The Morgan fingerprint density at radius 2 is 1.82 bits per heavy atom. The van der Waals surface area contributed by atoms with Crippen LogP contribution < -0.4 is 0 Å². The van der Waals surface area contributed by atoms with Gasteiger partial charge in [-0.15, -0.1) is 11.3 Å². The van der Waals surface area contributed by atoms with Gasteiger partial charge in [0.05, 0.1) is 26.2 Å². The normalized spacial score (nSPS) is 16.2. The van der Waals surface area contributed by atoms with Gasteiger partial charge in [0.25, 0.3) is 5.91 Å². The van der Waals surface area contributed by atoms with Crippen LogP contribution in [0, 0.1) is 0 Å². The molecule has 0 spiro atoms. The van der Waals surface area contributed by atoms with Gasteiger partial charge in [0.1, 0.15) is 11.5 Å². The molecular weight excluding hydrogens is 509 g/mol. The zero-order chi connectivity index (χ0) is 23.7. The lowest BCUT2D eigenvalue weighted by atomic mass is 10.2. The Labute approximate surface area is 214 Å². The van der Waals surface area contributed by atoms with Crippen LogP contribution in [0.25, 0.3) is 28.7 Å². The van der Waals surface area contributed by atoms with E-state index in [-0.39, 0.29) is 5.91 Å². The van der Waals surface area contributed by atoms with Crippen LogP contribution in [0.4, 0.5) is 5.13 Å². The third kappa shape index (κ3) is 4.57. The van der Waals surface area contributed by atoms with Crippen molar-refractivity contribution in [2.24, 2.45) is 4.99 Å². The van der Waals surface area contributed by atoms with E-state index in [0.29, 0.717) is 48.9 Å². The number of amidine groups is 1. The van der Waals surface area contributed by atoms with Crippen LogP contribution in [0.15, 0.2) is 80.4 Å². The van der Waals surface area contributed by atoms with E-state index < -0.39 is 0 Å². The maximum atomic E-state index is 13.0. The van der Waals surface area contributed by atoms with E-state index in [2.05, 4.69) is 9.98 Å². The van der Waals surface area contributed by atoms with Crippen molar-refractivity contribution < 1.29 is 9.21 Å². The second kappa shape index (κ2) is 9.80. The fraction of sp³-hybridized carbons (Fsp3) is 0.0800. The van der Waals surface area contributed by atoms with Crippen molar-refractivity contribution in [2.45, 2.75) is 6.92 Å². The van der Waals surface area contributed by atoms with Crippen LogP contribution in [-0.2, 0) is 4.79 Å². The van der Waals surface area contributed by atoms with E-state index in [0.717, 1.165) is 11.3 Å². The number of nitrogens with zero attached hydrogens (tertiary/aromatic N) is 3. The Hall–Kier alpha value is -2.84.